The van der Waals surface area contributed by atoms with Crippen molar-refractivity contribution in [3.8, 4) is 44.9 Å². The Morgan fingerprint density at radius 2 is 1.36 bits per heavy atom. The van der Waals surface area contributed by atoms with E-state index < -0.39 is 5.97 Å². The molecule has 1 fully saturated rings. The smallest absolute Gasteiger partial charge is 0.337 e. The summed E-state index contributed by atoms with van der Waals surface area (Å²) in [6.07, 6.45) is 14.3. The van der Waals surface area contributed by atoms with Gasteiger partial charge in [0, 0.05) is 64.5 Å². The molecule has 0 spiro atoms. The molecule has 5 aromatic heterocycles. The molecule has 0 radical (unpaired) electrons. The van der Waals surface area contributed by atoms with E-state index in [1.54, 1.807) is 31.0 Å². The van der Waals surface area contributed by atoms with Crippen LogP contribution in [0.4, 0.5) is 0 Å². The number of benzene rings is 3. The maximum absolute atomic E-state index is 13.4. The normalized spacial score (nSPS) is 13.7. The summed E-state index contributed by atoms with van der Waals surface area (Å²) in [5.41, 5.74) is 9.26. The first-order valence-electron chi connectivity index (χ1n) is 17.0. The molecule has 3 aromatic carbocycles. The quantitative estimate of drug-likeness (QED) is 0.191. The predicted octanol–water partition coefficient (Wildman–Crippen LogP) is 9.79. The van der Waals surface area contributed by atoms with Gasteiger partial charge in [0.2, 0.25) is 0 Å². The first kappa shape index (κ1) is 29.8. The highest BCUT2D eigenvalue weighted by Gasteiger charge is 2.29. The van der Waals surface area contributed by atoms with E-state index in [0.29, 0.717) is 16.6 Å². The number of carboxylic acids is 1. The van der Waals surface area contributed by atoms with E-state index in [-0.39, 0.29) is 11.6 Å². The van der Waals surface area contributed by atoms with Gasteiger partial charge in [-0.3, -0.25) is 15.0 Å². The fourth-order valence-corrected chi connectivity index (χ4v) is 7.58. The summed E-state index contributed by atoms with van der Waals surface area (Å²) in [6.45, 7) is 0. The monoisotopic (exact) mass is 652 g/mol. The van der Waals surface area contributed by atoms with Gasteiger partial charge >= 0.3 is 5.97 Å². The highest BCUT2D eigenvalue weighted by Crippen LogP contribution is 2.44. The number of carboxylic acid groups (broad SMARTS) is 1. The number of fused-ring (bicyclic) bond motifs is 3. The van der Waals surface area contributed by atoms with Gasteiger partial charge in [-0.15, -0.1) is 0 Å². The first-order valence-corrected chi connectivity index (χ1v) is 17.0. The first-order chi connectivity index (χ1) is 24.6. The maximum atomic E-state index is 13.4. The van der Waals surface area contributed by atoms with Gasteiger partial charge < -0.3 is 9.67 Å². The summed E-state index contributed by atoms with van der Waals surface area (Å²) in [4.78, 5) is 36.6. The van der Waals surface area contributed by atoms with Crippen LogP contribution in [0.3, 0.4) is 0 Å². The van der Waals surface area contributed by atoms with Crippen LogP contribution in [-0.4, -0.2) is 40.6 Å². The molecule has 242 valence electrons. The SMILES string of the molecule is O=C(O)c1c(-c2ccncc2)cc2c(nc(-c3ccc4nc(-c5ccncc5)ccc4c3)n2C2CCCCC2)c1-c1ccc2ncccc2c1. The second-order valence-electron chi connectivity index (χ2n) is 12.9. The Morgan fingerprint density at radius 1 is 0.660 bits per heavy atom. The standard InChI is InChI=1S/C42H32N6O2/c49-42(50)39-33(26-14-19-43-20-15-26)25-37-40(38(39)30-9-11-34-28(23-30)5-4-18-45-34)47-41(48(37)32-6-2-1-3-7-32)31-10-13-36-29(24-31)8-12-35(46-36)27-16-21-44-22-17-27/h4-5,8-25,32H,1-3,6-7H2,(H,49,50). The van der Waals surface area contributed by atoms with Crippen molar-refractivity contribution in [3.63, 3.8) is 0 Å². The molecule has 1 N–H and O–H groups in total. The average molecular weight is 653 g/mol. The van der Waals surface area contributed by atoms with Gasteiger partial charge in [-0.05, 0) is 102 Å². The summed E-state index contributed by atoms with van der Waals surface area (Å²) in [7, 11) is 0. The number of pyridine rings is 4. The zero-order chi connectivity index (χ0) is 33.6. The molecule has 0 saturated heterocycles. The van der Waals surface area contributed by atoms with Gasteiger partial charge in [-0.1, -0.05) is 37.5 Å². The van der Waals surface area contributed by atoms with Crippen molar-refractivity contribution in [1.82, 2.24) is 29.5 Å². The van der Waals surface area contributed by atoms with Crippen LogP contribution in [0.15, 0.2) is 122 Å². The second-order valence-corrected chi connectivity index (χ2v) is 12.9. The van der Waals surface area contributed by atoms with Crippen LogP contribution >= 0.6 is 0 Å². The van der Waals surface area contributed by atoms with Crippen molar-refractivity contribution < 1.29 is 9.90 Å². The Morgan fingerprint density at radius 3 is 2.14 bits per heavy atom. The fourth-order valence-electron chi connectivity index (χ4n) is 7.58. The molecule has 5 heterocycles. The zero-order valence-corrected chi connectivity index (χ0v) is 27.2. The van der Waals surface area contributed by atoms with Crippen LogP contribution in [0.5, 0.6) is 0 Å². The number of imidazole rings is 1. The van der Waals surface area contributed by atoms with Crippen molar-refractivity contribution in [2.75, 3.05) is 0 Å². The predicted molar refractivity (Wildman–Crippen MR) is 197 cm³/mol. The molecule has 1 saturated carbocycles. The molecule has 0 amide bonds. The minimum Gasteiger partial charge on any atom is -0.478 e. The van der Waals surface area contributed by atoms with Crippen molar-refractivity contribution in [3.05, 3.63) is 128 Å². The summed E-state index contributed by atoms with van der Waals surface area (Å²) >= 11 is 0. The summed E-state index contributed by atoms with van der Waals surface area (Å²) in [5.74, 6) is -0.172. The molecule has 8 heteroatoms. The Hall–Kier alpha value is -6.28. The second kappa shape index (κ2) is 12.3. The lowest BCUT2D eigenvalue weighted by Crippen LogP contribution is -2.14. The molecule has 0 unspecified atom stereocenters. The lowest BCUT2D eigenvalue weighted by Gasteiger charge is -2.26. The zero-order valence-electron chi connectivity index (χ0n) is 27.2. The lowest BCUT2D eigenvalue weighted by molar-refractivity contribution is 0.0698. The molecule has 9 rings (SSSR count). The molecule has 8 nitrogen and oxygen atoms in total. The number of rotatable bonds is 6. The van der Waals surface area contributed by atoms with E-state index in [9.17, 15) is 9.90 Å². The maximum Gasteiger partial charge on any atom is 0.337 e. The summed E-state index contributed by atoms with van der Waals surface area (Å²) in [5, 5.41) is 12.9. The molecule has 0 bridgehead atoms. The molecular formula is C42H32N6O2. The van der Waals surface area contributed by atoms with Gasteiger partial charge in [0.05, 0.1) is 33.3 Å². The highest BCUT2D eigenvalue weighted by atomic mass is 16.4. The number of carbonyl (C=O) groups is 1. The van der Waals surface area contributed by atoms with Gasteiger partial charge in [-0.25, -0.2) is 14.8 Å². The van der Waals surface area contributed by atoms with Crippen LogP contribution < -0.4 is 0 Å². The largest absolute Gasteiger partial charge is 0.478 e. The van der Waals surface area contributed by atoms with Crippen molar-refractivity contribution in [2.24, 2.45) is 0 Å². The topological polar surface area (TPSA) is 107 Å². The van der Waals surface area contributed by atoms with Crippen LogP contribution in [0.1, 0.15) is 48.5 Å². The van der Waals surface area contributed by atoms with Crippen LogP contribution in [0.25, 0.3) is 77.7 Å². The van der Waals surface area contributed by atoms with Gasteiger partial charge in [-0.2, -0.15) is 0 Å². The van der Waals surface area contributed by atoms with Crippen LogP contribution in [-0.2, 0) is 0 Å². The third-order valence-electron chi connectivity index (χ3n) is 9.95. The van der Waals surface area contributed by atoms with E-state index in [4.69, 9.17) is 9.97 Å². The number of aromatic nitrogens is 6. The fraction of sp³-hybridized carbons (Fsp3) is 0.143. The number of nitrogens with zero attached hydrogens (tertiary/aromatic N) is 6. The van der Waals surface area contributed by atoms with E-state index in [1.807, 2.05) is 66.7 Å². The van der Waals surface area contributed by atoms with E-state index in [2.05, 4.69) is 43.8 Å². The molecule has 1 aliphatic carbocycles. The minimum absolute atomic E-state index is 0.220. The minimum atomic E-state index is -1.00. The molecule has 1 aliphatic rings. The summed E-state index contributed by atoms with van der Waals surface area (Å²) < 4.78 is 2.39. The third-order valence-corrected chi connectivity index (χ3v) is 9.95. The Balaban J connectivity index is 1.33. The van der Waals surface area contributed by atoms with Crippen molar-refractivity contribution in [2.45, 2.75) is 38.1 Å². The van der Waals surface area contributed by atoms with E-state index in [1.165, 1.54) is 6.42 Å². The Kier molecular flexibility index (Phi) is 7.34. The third kappa shape index (κ3) is 5.17. The van der Waals surface area contributed by atoms with Crippen LogP contribution in [0.2, 0.25) is 0 Å². The van der Waals surface area contributed by atoms with Gasteiger partial charge in [0.1, 0.15) is 5.82 Å². The lowest BCUT2D eigenvalue weighted by atomic mass is 9.89. The summed E-state index contributed by atoms with van der Waals surface area (Å²) in [6, 6.07) is 30.2. The number of hydrogen-bond acceptors (Lipinski definition) is 6. The van der Waals surface area contributed by atoms with E-state index in [0.717, 1.165) is 86.8 Å². The molecule has 50 heavy (non-hydrogen) atoms. The number of aromatic carboxylic acids is 1. The number of hydrogen-bond donors (Lipinski definition) is 1. The van der Waals surface area contributed by atoms with Crippen molar-refractivity contribution >= 4 is 38.8 Å². The molecular weight excluding hydrogens is 621 g/mol. The van der Waals surface area contributed by atoms with Gasteiger partial charge in [0.15, 0.2) is 0 Å². The van der Waals surface area contributed by atoms with Crippen LogP contribution in [0, 0.1) is 0 Å². The Bertz CT molecular complexity index is 2560. The molecule has 0 aliphatic heterocycles. The average Bonchev–Trinajstić information content (AvgIpc) is 3.57. The molecule has 8 aromatic rings. The Labute approximate surface area is 288 Å². The van der Waals surface area contributed by atoms with E-state index >= 15 is 0 Å². The molecule has 0 atom stereocenters. The highest BCUT2D eigenvalue weighted by molar-refractivity contribution is 6.12. The van der Waals surface area contributed by atoms with Gasteiger partial charge in [0.25, 0.3) is 0 Å². The van der Waals surface area contributed by atoms with Crippen molar-refractivity contribution in [1.29, 1.82) is 0 Å².